The maximum absolute atomic E-state index is 11.2. The quantitative estimate of drug-likeness (QED) is 0.0661. The molecule has 0 spiro atoms. The smallest absolute Gasteiger partial charge is 0.412 e. The number of nitrogens with one attached hydrogen (secondary N) is 4. The predicted molar refractivity (Wildman–Crippen MR) is 193 cm³/mol. The highest BCUT2D eigenvalue weighted by Gasteiger charge is 2.41. The van der Waals surface area contributed by atoms with Gasteiger partial charge in [0.2, 0.25) is 0 Å². The average molecular weight is 972 g/mol. The van der Waals surface area contributed by atoms with E-state index in [2.05, 4.69) is 61.2 Å². The summed E-state index contributed by atoms with van der Waals surface area (Å²) in [6.45, 7) is 0. The van der Waals surface area contributed by atoms with Crippen LogP contribution in [0.5, 0.6) is 0 Å². The number of nitro groups is 8. The van der Waals surface area contributed by atoms with Gasteiger partial charge in [-0.05, 0) is 19.7 Å². The molecule has 0 aliphatic rings. The van der Waals surface area contributed by atoms with E-state index in [9.17, 15) is 80.9 Å². The largest absolute Gasteiger partial charge is 0.422 e. The molecule has 0 atom stereocenters. The molecule has 0 unspecified atom stereocenters. The molecular formula is C20H12N24O24. The first kappa shape index (κ1) is 50.8. The summed E-state index contributed by atoms with van der Waals surface area (Å²) in [5, 5.41) is 137. The SMILES string of the molecule is O.O.O.O.O=[N+]([O-])c1[nH]nc(-c2nnc(-c3nnc(-c4n[nH]c([N+](=O)[O-])c4[N+](=O)[O-])o3)o2)c1[N+](=O)[O-].O=[N+]([O-])c1[nH]nc(-c2nnc(-c3nnc(-c4n[nH]c([N+](=O)[O-])c4[N+](=O)[O-])o3)o2)c1[N+](=O)[O-]. The van der Waals surface area contributed by atoms with E-state index in [4.69, 9.17) is 17.7 Å². The molecule has 0 radical (unpaired) electrons. The summed E-state index contributed by atoms with van der Waals surface area (Å²) < 4.78 is 20.4. The molecule has 68 heavy (non-hydrogen) atoms. The zero-order valence-electron chi connectivity index (χ0n) is 31.1. The van der Waals surface area contributed by atoms with E-state index in [1.54, 1.807) is 0 Å². The topological polar surface area (TPSA) is 742 Å². The van der Waals surface area contributed by atoms with Gasteiger partial charge >= 0.3 is 69.6 Å². The standard InChI is InChI=1S/2C10H2N12O10.4H2O/c2*23-19(24)3-1(11-13-5(3)21(27)28)7-15-17-9(31-7)10-18-16-8(32-10)2-4(20(25)26)6(14-12-2)22(29)30;;;;/h2*(H,11,13)(H,12,14);4*1H2. The molecule has 0 aliphatic heterocycles. The number of hydrogen-bond donors (Lipinski definition) is 4. The molecule has 0 aliphatic carbocycles. The Balaban J connectivity index is 0.000000340. The van der Waals surface area contributed by atoms with Gasteiger partial charge in [0, 0.05) is 0 Å². The van der Waals surface area contributed by atoms with Crippen LogP contribution in [0.15, 0.2) is 17.7 Å². The van der Waals surface area contributed by atoms with Gasteiger partial charge in [0.1, 0.15) is 0 Å². The predicted octanol–water partition coefficient (Wildman–Crippen LogP) is -2.23. The zero-order valence-corrected chi connectivity index (χ0v) is 31.1. The van der Waals surface area contributed by atoms with Crippen LogP contribution in [0.1, 0.15) is 0 Å². The van der Waals surface area contributed by atoms with Gasteiger partial charge in [-0.1, -0.05) is 20.4 Å². The summed E-state index contributed by atoms with van der Waals surface area (Å²) in [6.07, 6.45) is 0. The molecule has 0 amide bonds. The molecule has 48 nitrogen and oxygen atoms in total. The van der Waals surface area contributed by atoms with Crippen LogP contribution >= 0.6 is 0 Å². The third-order valence-corrected chi connectivity index (χ3v) is 7.23. The van der Waals surface area contributed by atoms with Gasteiger partial charge in [-0.2, -0.15) is 0 Å². The number of hydrogen-bond acceptors (Lipinski definition) is 32. The Morgan fingerprint density at radius 1 is 0.279 bits per heavy atom. The lowest BCUT2D eigenvalue weighted by Gasteiger charge is -1.90. The van der Waals surface area contributed by atoms with E-state index in [0.29, 0.717) is 0 Å². The Morgan fingerprint density at radius 2 is 0.441 bits per heavy atom. The fraction of sp³-hybridized carbons (Fsp3) is 0. The van der Waals surface area contributed by atoms with Crippen LogP contribution in [-0.2, 0) is 0 Å². The number of rotatable bonds is 14. The van der Waals surface area contributed by atoms with Crippen LogP contribution < -0.4 is 0 Å². The van der Waals surface area contributed by atoms with Crippen molar-refractivity contribution in [1.29, 1.82) is 0 Å². The highest BCUT2D eigenvalue weighted by Crippen LogP contribution is 2.39. The van der Waals surface area contributed by atoms with Gasteiger partial charge in [0.15, 0.2) is 0 Å². The number of aromatic nitrogens is 16. The minimum atomic E-state index is -1.09. The minimum absolute atomic E-state index is 0. The van der Waals surface area contributed by atoms with Crippen molar-refractivity contribution in [2.45, 2.75) is 0 Å². The molecule has 8 aromatic heterocycles. The molecule has 8 aromatic rings. The molecule has 0 bridgehead atoms. The Hall–Kier alpha value is -11.6. The van der Waals surface area contributed by atoms with Gasteiger partial charge < -0.3 is 80.0 Å². The van der Waals surface area contributed by atoms with E-state index in [1.165, 1.54) is 0 Å². The van der Waals surface area contributed by atoms with Crippen molar-refractivity contribution in [2.75, 3.05) is 0 Å². The summed E-state index contributed by atoms with van der Waals surface area (Å²) in [4.78, 5) is 79.5. The van der Waals surface area contributed by atoms with Gasteiger partial charge in [-0.15, -0.1) is 61.2 Å². The summed E-state index contributed by atoms with van der Waals surface area (Å²) in [5.74, 6) is -8.83. The zero-order chi connectivity index (χ0) is 46.3. The summed E-state index contributed by atoms with van der Waals surface area (Å²) in [7, 11) is 0. The Kier molecular flexibility index (Phi) is 14.4. The third kappa shape index (κ3) is 8.86. The molecule has 12 N–H and O–H groups in total. The van der Waals surface area contributed by atoms with Gasteiger partial charge in [-0.3, -0.25) is 40.5 Å². The molecular weight excluding hydrogens is 960 g/mol. The fourth-order valence-corrected chi connectivity index (χ4v) is 4.73. The number of nitrogens with zero attached hydrogens (tertiary/aromatic N) is 20. The molecule has 48 heteroatoms. The number of aromatic amines is 4. The lowest BCUT2D eigenvalue weighted by Crippen LogP contribution is -1.95. The minimum Gasteiger partial charge on any atom is -0.412 e. The molecule has 0 aromatic carbocycles. The molecule has 356 valence electrons. The highest BCUT2D eigenvalue weighted by molar-refractivity contribution is 5.72. The third-order valence-electron chi connectivity index (χ3n) is 7.23. The Morgan fingerprint density at radius 3 is 0.588 bits per heavy atom. The molecule has 0 saturated carbocycles. The molecule has 8 rings (SSSR count). The van der Waals surface area contributed by atoms with Crippen molar-refractivity contribution in [3.8, 4) is 69.9 Å². The second-order valence-electron chi connectivity index (χ2n) is 10.8. The van der Waals surface area contributed by atoms with Crippen molar-refractivity contribution < 1.29 is 79.0 Å². The molecule has 8 heterocycles. The van der Waals surface area contributed by atoms with Crippen molar-refractivity contribution in [3.05, 3.63) is 80.9 Å². The van der Waals surface area contributed by atoms with Gasteiger partial charge in [0.05, 0.1) is 19.7 Å². The fourth-order valence-electron chi connectivity index (χ4n) is 4.73. The molecule has 0 fully saturated rings. The van der Waals surface area contributed by atoms with Crippen LogP contribution in [0.3, 0.4) is 0 Å². The average Bonchev–Trinajstić information content (AvgIpc) is 4.09. The van der Waals surface area contributed by atoms with Crippen molar-refractivity contribution in [2.24, 2.45) is 0 Å². The summed E-state index contributed by atoms with van der Waals surface area (Å²) in [5.41, 5.74) is -6.80. The van der Waals surface area contributed by atoms with E-state index < -0.39 is 155 Å². The van der Waals surface area contributed by atoms with E-state index in [1.807, 2.05) is 20.4 Å². The van der Waals surface area contributed by atoms with Crippen LogP contribution in [0, 0.1) is 80.9 Å². The second-order valence-corrected chi connectivity index (χ2v) is 10.8. The lowest BCUT2D eigenvalue weighted by atomic mass is 10.3. The number of H-pyrrole nitrogens is 4. The van der Waals surface area contributed by atoms with Crippen LogP contribution in [-0.4, -0.2) is 143 Å². The first-order chi connectivity index (χ1) is 30.4. The highest BCUT2D eigenvalue weighted by atomic mass is 16.7. The van der Waals surface area contributed by atoms with Crippen molar-refractivity contribution >= 4 is 46.0 Å². The molecule has 0 saturated heterocycles. The second kappa shape index (κ2) is 19.2. The van der Waals surface area contributed by atoms with Gasteiger partial charge in [0.25, 0.3) is 46.3 Å². The maximum Gasteiger partial charge on any atom is 0.422 e. The van der Waals surface area contributed by atoms with E-state index >= 15 is 0 Å². The van der Waals surface area contributed by atoms with Crippen LogP contribution in [0.4, 0.5) is 46.0 Å². The van der Waals surface area contributed by atoms with Crippen LogP contribution in [0.25, 0.3) is 69.9 Å². The Labute approximate surface area is 357 Å². The Bertz CT molecular complexity index is 2830. The van der Waals surface area contributed by atoms with E-state index in [0.717, 1.165) is 0 Å². The van der Waals surface area contributed by atoms with Crippen molar-refractivity contribution in [3.63, 3.8) is 0 Å². The monoisotopic (exact) mass is 972 g/mol. The summed E-state index contributed by atoms with van der Waals surface area (Å²) in [6, 6.07) is 0. The normalized spacial score (nSPS) is 10.2. The maximum atomic E-state index is 11.2. The summed E-state index contributed by atoms with van der Waals surface area (Å²) >= 11 is 0. The first-order valence-corrected chi connectivity index (χ1v) is 15.2. The van der Waals surface area contributed by atoms with Crippen molar-refractivity contribution in [1.82, 2.24) is 81.6 Å². The first-order valence-electron chi connectivity index (χ1n) is 15.2. The lowest BCUT2D eigenvalue weighted by molar-refractivity contribution is -0.424. The van der Waals surface area contributed by atoms with Gasteiger partial charge in [-0.25, -0.2) is 0 Å². The van der Waals surface area contributed by atoms with E-state index in [-0.39, 0.29) is 21.9 Å². The van der Waals surface area contributed by atoms with Crippen LogP contribution in [0.2, 0.25) is 0 Å².